The minimum atomic E-state index is -0.812. The Labute approximate surface area is 433 Å². The van der Waals surface area contributed by atoms with Crippen molar-refractivity contribution in [3.8, 4) is 0 Å². The summed E-state index contributed by atoms with van der Waals surface area (Å²) in [7, 11) is 0. The fourth-order valence-electron chi connectivity index (χ4n) is 8.53. The maximum absolute atomic E-state index is 12.8. The molecule has 0 saturated carbocycles. The average Bonchev–Trinajstić information content (AvgIpc) is 3.36. The molecule has 0 aliphatic carbocycles. The van der Waals surface area contributed by atoms with Crippen molar-refractivity contribution in [3.63, 3.8) is 0 Å². The molecule has 1 unspecified atom stereocenters. The zero-order chi connectivity index (χ0) is 50.7. The molecule has 0 radical (unpaired) electrons. The van der Waals surface area contributed by atoms with Gasteiger partial charge >= 0.3 is 17.9 Å². The van der Waals surface area contributed by atoms with Gasteiger partial charge in [0.1, 0.15) is 13.2 Å². The Morgan fingerprint density at radius 2 is 0.557 bits per heavy atom. The highest BCUT2D eigenvalue weighted by atomic mass is 16.6. The van der Waals surface area contributed by atoms with Gasteiger partial charge in [0.2, 0.25) is 0 Å². The molecule has 0 bridgehead atoms. The Kier molecular flexibility index (Phi) is 55.8. The second-order valence-corrected chi connectivity index (χ2v) is 19.9. The second-order valence-electron chi connectivity index (χ2n) is 19.9. The van der Waals surface area contributed by atoms with Crippen molar-refractivity contribution < 1.29 is 28.6 Å². The first kappa shape index (κ1) is 66.9. The van der Waals surface area contributed by atoms with Crippen LogP contribution in [0.4, 0.5) is 0 Å². The van der Waals surface area contributed by atoms with Gasteiger partial charge in [-0.05, 0) is 57.8 Å². The van der Waals surface area contributed by atoms with Gasteiger partial charge in [-0.25, -0.2) is 0 Å². The third kappa shape index (κ3) is 55.8. The SMILES string of the molecule is CC/C=C\C/C=C\C/C=C\C/C=C\C/C=C\C/C=C\CCC(=O)OC(COC(=O)CCCCCCCCCCC)COC(=O)CCCCCCCCCCCCCCCCCCCCCCCCCC. The van der Waals surface area contributed by atoms with Crippen LogP contribution in [0.25, 0.3) is 0 Å². The molecule has 6 nitrogen and oxygen atoms in total. The molecule has 0 amide bonds. The predicted octanol–water partition coefficient (Wildman–Crippen LogP) is 20.2. The average molecular weight is 978 g/mol. The van der Waals surface area contributed by atoms with Crippen LogP contribution in [-0.4, -0.2) is 37.2 Å². The molecule has 70 heavy (non-hydrogen) atoms. The van der Waals surface area contributed by atoms with Crippen molar-refractivity contribution in [2.24, 2.45) is 0 Å². The molecule has 0 aromatic rings. The van der Waals surface area contributed by atoms with Gasteiger partial charge in [0.25, 0.3) is 0 Å². The third-order valence-corrected chi connectivity index (χ3v) is 13.0. The van der Waals surface area contributed by atoms with Crippen molar-refractivity contribution in [1.82, 2.24) is 0 Å². The summed E-state index contributed by atoms with van der Waals surface area (Å²) in [6.07, 6.45) is 75.0. The summed E-state index contributed by atoms with van der Waals surface area (Å²) >= 11 is 0. The van der Waals surface area contributed by atoms with Crippen LogP contribution in [0.5, 0.6) is 0 Å². The quantitative estimate of drug-likeness (QED) is 0.0261. The van der Waals surface area contributed by atoms with Gasteiger partial charge in [0.15, 0.2) is 6.10 Å². The van der Waals surface area contributed by atoms with E-state index in [-0.39, 0.29) is 37.5 Å². The fourth-order valence-corrected chi connectivity index (χ4v) is 8.53. The maximum atomic E-state index is 12.8. The topological polar surface area (TPSA) is 78.9 Å². The Balaban J connectivity index is 4.29. The smallest absolute Gasteiger partial charge is 0.306 e. The second kappa shape index (κ2) is 58.4. The molecule has 0 aromatic carbocycles. The number of unbranched alkanes of at least 4 members (excludes halogenated alkanes) is 31. The van der Waals surface area contributed by atoms with Crippen LogP contribution in [0.3, 0.4) is 0 Å². The summed E-state index contributed by atoms with van der Waals surface area (Å²) in [4.78, 5) is 38.0. The van der Waals surface area contributed by atoms with Crippen molar-refractivity contribution >= 4 is 17.9 Å². The number of esters is 3. The fraction of sp³-hybridized carbons (Fsp3) is 0.766. The molecule has 6 heteroatoms. The molecule has 0 aliphatic rings. The van der Waals surface area contributed by atoms with Crippen LogP contribution in [0, 0.1) is 0 Å². The molecular weight excluding hydrogens is 865 g/mol. The monoisotopic (exact) mass is 977 g/mol. The van der Waals surface area contributed by atoms with Gasteiger partial charge in [-0.1, -0.05) is 293 Å². The largest absolute Gasteiger partial charge is 0.462 e. The van der Waals surface area contributed by atoms with E-state index in [0.29, 0.717) is 19.3 Å². The van der Waals surface area contributed by atoms with Crippen LogP contribution < -0.4 is 0 Å². The van der Waals surface area contributed by atoms with Crippen LogP contribution in [0.15, 0.2) is 72.9 Å². The van der Waals surface area contributed by atoms with E-state index >= 15 is 0 Å². The van der Waals surface area contributed by atoms with E-state index in [9.17, 15) is 14.4 Å². The molecule has 0 aromatic heterocycles. The predicted molar refractivity (Wildman–Crippen MR) is 302 cm³/mol. The van der Waals surface area contributed by atoms with E-state index in [2.05, 4.69) is 87.6 Å². The van der Waals surface area contributed by atoms with Gasteiger partial charge in [0.05, 0.1) is 0 Å². The highest BCUT2D eigenvalue weighted by molar-refractivity contribution is 5.71. The Hall–Kier alpha value is -3.15. The standard InChI is InChI=1S/C64H112O6/c1-4-7-10-13-16-19-21-23-25-27-29-30-31-32-33-35-36-38-40-42-45-48-51-54-57-63(66)69-60-61(59-68-62(65)56-53-50-47-44-18-15-12-9-6-3)70-64(67)58-55-52-49-46-43-41-39-37-34-28-26-24-22-20-17-14-11-8-5-2/h8,11,17,20,24,26,34,37,41,43,49,52,61H,4-7,9-10,12-16,18-19,21-23,25,27-33,35-36,38-40,42,44-48,50-51,53-60H2,1-3H3/b11-8-,20-17-,26-24-,37-34-,43-41-,52-49-. The Bertz CT molecular complexity index is 1310. The minimum Gasteiger partial charge on any atom is -0.462 e. The number of hydrogen-bond acceptors (Lipinski definition) is 6. The maximum Gasteiger partial charge on any atom is 0.306 e. The number of carbonyl (C=O) groups excluding carboxylic acids is 3. The van der Waals surface area contributed by atoms with Crippen LogP contribution >= 0.6 is 0 Å². The lowest BCUT2D eigenvalue weighted by atomic mass is 10.0. The first-order valence-electron chi connectivity index (χ1n) is 29.9. The Morgan fingerprint density at radius 3 is 0.843 bits per heavy atom. The van der Waals surface area contributed by atoms with Crippen molar-refractivity contribution in [3.05, 3.63) is 72.9 Å². The lowest BCUT2D eigenvalue weighted by Crippen LogP contribution is -2.30. The zero-order valence-electron chi connectivity index (χ0n) is 46.3. The zero-order valence-corrected chi connectivity index (χ0v) is 46.3. The highest BCUT2D eigenvalue weighted by Gasteiger charge is 2.19. The molecule has 404 valence electrons. The van der Waals surface area contributed by atoms with Gasteiger partial charge in [-0.2, -0.15) is 0 Å². The summed E-state index contributed by atoms with van der Waals surface area (Å²) in [5.74, 6) is -0.979. The van der Waals surface area contributed by atoms with Crippen LogP contribution in [-0.2, 0) is 28.6 Å². The molecule has 0 fully saturated rings. The minimum absolute atomic E-state index is 0.102. The summed E-state index contributed by atoms with van der Waals surface area (Å²) < 4.78 is 16.8. The van der Waals surface area contributed by atoms with E-state index in [0.717, 1.165) is 77.0 Å². The van der Waals surface area contributed by atoms with E-state index in [1.54, 1.807) is 0 Å². The summed E-state index contributed by atoms with van der Waals surface area (Å²) in [6.45, 7) is 6.47. The van der Waals surface area contributed by atoms with E-state index in [1.807, 2.05) is 6.08 Å². The van der Waals surface area contributed by atoms with Gasteiger partial charge in [-0.3, -0.25) is 14.4 Å². The molecular formula is C64H112O6. The summed E-state index contributed by atoms with van der Waals surface area (Å²) in [6, 6.07) is 0. The van der Waals surface area contributed by atoms with Gasteiger partial charge < -0.3 is 14.2 Å². The van der Waals surface area contributed by atoms with Crippen molar-refractivity contribution in [2.75, 3.05) is 13.2 Å². The highest BCUT2D eigenvalue weighted by Crippen LogP contribution is 2.17. The van der Waals surface area contributed by atoms with Gasteiger partial charge in [-0.15, -0.1) is 0 Å². The lowest BCUT2D eigenvalue weighted by Gasteiger charge is -2.18. The van der Waals surface area contributed by atoms with Crippen molar-refractivity contribution in [2.45, 2.75) is 303 Å². The molecule has 1 atom stereocenters. The number of carbonyl (C=O) groups is 3. The first-order valence-corrected chi connectivity index (χ1v) is 29.9. The van der Waals surface area contributed by atoms with Crippen molar-refractivity contribution in [1.29, 1.82) is 0 Å². The van der Waals surface area contributed by atoms with E-state index in [1.165, 1.54) is 173 Å². The number of rotatable bonds is 54. The van der Waals surface area contributed by atoms with E-state index in [4.69, 9.17) is 14.2 Å². The van der Waals surface area contributed by atoms with Crippen LogP contribution in [0.2, 0.25) is 0 Å². The molecule has 0 aliphatic heterocycles. The number of hydrogen-bond donors (Lipinski definition) is 0. The summed E-state index contributed by atoms with van der Waals surface area (Å²) in [5.41, 5.74) is 0. The van der Waals surface area contributed by atoms with Crippen LogP contribution in [0.1, 0.15) is 297 Å². The first-order chi connectivity index (χ1) is 34.5. The number of allylic oxidation sites excluding steroid dienone is 12. The summed E-state index contributed by atoms with van der Waals surface area (Å²) in [5, 5.41) is 0. The molecule has 0 spiro atoms. The third-order valence-electron chi connectivity index (χ3n) is 13.0. The number of ether oxygens (including phenoxy) is 3. The normalized spacial score (nSPS) is 12.6. The van der Waals surface area contributed by atoms with E-state index < -0.39 is 6.10 Å². The Morgan fingerprint density at radius 1 is 0.300 bits per heavy atom. The lowest BCUT2D eigenvalue weighted by molar-refractivity contribution is -0.166. The molecule has 0 heterocycles. The molecule has 0 N–H and O–H groups in total. The van der Waals surface area contributed by atoms with Gasteiger partial charge in [0, 0.05) is 19.3 Å². The molecule has 0 rings (SSSR count). The molecule has 0 saturated heterocycles.